The molecule has 0 radical (unpaired) electrons. The Balaban J connectivity index is 1.28. The highest BCUT2D eigenvalue weighted by Crippen LogP contribution is 2.52. The fourth-order valence-corrected chi connectivity index (χ4v) is 8.05. The Kier molecular flexibility index (Phi) is 6.68. The van der Waals surface area contributed by atoms with Gasteiger partial charge in [0.1, 0.15) is 5.78 Å². The zero-order chi connectivity index (χ0) is 27.4. The summed E-state index contributed by atoms with van der Waals surface area (Å²) < 4.78 is 51.2. The number of ketones is 1. The molecule has 208 valence electrons. The van der Waals surface area contributed by atoms with Crippen LogP contribution < -0.4 is 4.90 Å². The van der Waals surface area contributed by atoms with Gasteiger partial charge >= 0.3 is 0 Å². The Morgan fingerprint density at radius 2 is 1.74 bits per heavy atom. The molecule has 0 bridgehead atoms. The quantitative estimate of drug-likeness (QED) is 0.437. The topological polar surface area (TPSA) is 90.6 Å². The SMILES string of the molecule is N#CC1(CC(=O)[C@@H]2CCCC[C@H]2C2=C(c3ccc(N4CCS(=O)(=O)CC4)cc3)CC(C3CC(F)(F)C3)=N2)CC1. The molecule has 39 heavy (non-hydrogen) atoms. The van der Waals surface area contributed by atoms with Gasteiger partial charge in [-0.3, -0.25) is 9.79 Å². The smallest absolute Gasteiger partial charge is 0.249 e. The van der Waals surface area contributed by atoms with Crippen LogP contribution in [0.25, 0.3) is 5.57 Å². The zero-order valence-corrected chi connectivity index (χ0v) is 23.0. The second-order valence-electron chi connectivity index (χ2n) is 12.3. The van der Waals surface area contributed by atoms with Gasteiger partial charge in [0.2, 0.25) is 5.92 Å². The molecule has 0 aromatic heterocycles. The Bertz CT molecular complexity index is 1350. The number of halogens is 2. The maximum Gasteiger partial charge on any atom is 0.249 e. The zero-order valence-electron chi connectivity index (χ0n) is 22.2. The number of sulfone groups is 1. The molecule has 6 rings (SSSR count). The molecule has 9 heteroatoms. The number of allylic oxidation sites excluding steroid dienone is 2. The molecule has 0 spiro atoms. The Labute approximate surface area is 229 Å². The van der Waals surface area contributed by atoms with Crippen molar-refractivity contribution in [3.05, 3.63) is 35.5 Å². The van der Waals surface area contributed by atoms with E-state index in [2.05, 4.69) is 11.0 Å². The first kappa shape index (κ1) is 26.6. The third kappa shape index (κ3) is 5.41. The summed E-state index contributed by atoms with van der Waals surface area (Å²) in [5.41, 5.74) is 4.18. The average Bonchev–Trinajstić information content (AvgIpc) is 3.54. The molecule has 0 amide bonds. The van der Waals surface area contributed by atoms with Crippen LogP contribution in [0.2, 0.25) is 0 Å². The summed E-state index contributed by atoms with van der Waals surface area (Å²) in [5, 5.41) is 9.56. The van der Waals surface area contributed by atoms with Crippen LogP contribution in [-0.2, 0) is 14.6 Å². The van der Waals surface area contributed by atoms with Gasteiger partial charge in [0.05, 0.1) is 23.0 Å². The number of nitriles is 1. The fraction of sp³-hybridized carbons (Fsp3) is 0.633. The Hall–Kier alpha value is -2.60. The summed E-state index contributed by atoms with van der Waals surface area (Å²) in [6.45, 7) is 0.934. The number of anilines is 1. The molecule has 2 atom stereocenters. The maximum absolute atomic E-state index is 13.8. The molecule has 3 aliphatic carbocycles. The van der Waals surface area contributed by atoms with Crippen LogP contribution in [0.4, 0.5) is 14.5 Å². The predicted octanol–water partition coefficient (Wildman–Crippen LogP) is 5.59. The first-order chi connectivity index (χ1) is 18.6. The third-order valence-corrected chi connectivity index (χ3v) is 11.2. The predicted molar refractivity (Wildman–Crippen MR) is 146 cm³/mol. The molecule has 2 heterocycles. The van der Waals surface area contributed by atoms with Crippen molar-refractivity contribution >= 4 is 32.6 Å². The van der Waals surface area contributed by atoms with Crippen molar-refractivity contribution < 1.29 is 22.0 Å². The molecular weight excluding hydrogens is 520 g/mol. The van der Waals surface area contributed by atoms with Crippen LogP contribution in [0.1, 0.15) is 69.8 Å². The number of aliphatic imine (C=N–C) groups is 1. The van der Waals surface area contributed by atoms with Crippen molar-refractivity contribution in [3.63, 3.8) is 0 Å². The molecular formula is C30H35F2N3O3S. The van der Waals surface area contributed by atoms with Crippen molar-refractivity contribution in [2.45, 2.75) is 70.1 Å². The van der Waals surface area contributed by atoms with E-state index in [0.29, 0.717) is 25.9 Å². The standard InChI is InChI=1S/C30H35F2N3O3S/c31-30(32)16-21(17-30)26-15-25(20-5-7-22(8-6-20)35-11-13-39(37,38)14-12-35)28(34-26)24-4-2-1-3-23(24)27(36)18-29(19-33)9-10-29/h5-8,21,23-24H,1-4,9-18H2/t23-,24-/m1/s1. The van der Waals surface area contributed by atoms with Crippen molar-refractivity contribution in [1.29, 1.82) is 5.26 Å². The van der Waals surface area contributed by atoms with E-state index in [-0.39, 0.29) is 47.9 Å². The molecule has 4 fully saturated rings. The third-order valence-electron chi connectivity index (χ3n) is 9.55. The van der Waals surface area contributed by atoms with E-state index in [9.17, 15) is 27.3 Å². The first-order valence-corrected chi connectivity index (χ1v) is 16.1. The highest BCUT2D eigenvalue weighted by molar-refractivity contribution is 7.91. The summed E-state index contributed by atoms with van der Waals surface area (Å²) in [6, 6.07) is 10.4. The lowest BCUT2D eigenvalue weighted by atomic mass is 9.72. The van der Waals surface area contributed by atoms with Gasteiger partial charge in [-0.25, -0.2) is 17.2 Å². The largest absolute Gasteiger partial charge is 0.369 e. The van der Waals surface area contributed by atoms with E-state index >= 15 is 0 Å². The lowest BCUT2D eigenvalue weighted by molar-refractivity contribution is -0.125. The van der Waals surface area contributed by atoms with E-state index < -0.39 is 21.2 Å². The summed E-state index contributed by atoms with van der Waals surface area (Å²) in [7, 11) is -2.97. The van der Waals surface area contributed by atoms with Crippen LogP contribution in [0.15, 0.2) is 35.0 Å². The number of carbonyl (C=O) groups excluding carboxylic acids is 1. The molecule has 1 saturated heterocycles. The number of hydrogen-bond donors (Lipinski definition) is 0. The molecule has 0 N–H and O–H groups in total. The van der Waals surface area contributed by atoms with Crippen LogP contribution in [0.3, 0.4) is 0 Å². The van der Waals surface area contributed by atoms with Crippen molar-refractivity contribution in [3.8, 4) is 6.07 Å². The van der Waals surface area contributed by atoms with E-state index in [1.165, 1.54) is 0 Å². The molecule has 3 saturated carbocycles. The molecule has 5 aliphatic rings. The van der Waals surface area contributed by atoms with Gasteiger partial charge in [0.25, 0.3) is 0 Å². The fourth-order valence-electron chi connectivity index (χ4n) is 6.85. The van der Waals surface area contributed by atoms with Gasteiger partial charge in [-0.15, -0.1) is 0 Å². The molecule has 1 aromatic rings. The highest BCUT2D eigenvalue weighted by Gasteiger charge is 2.50. The second kappa shape index (κ2) is 9.79. The van der Waals surface area contributed by atoms with E-state index in [0.717, 1.165) is 66.8 Å². The number of nitrogens with zero attached hydrogens (tertiary/aromatic N) is 3. The van der Waals surface area contributed by atoms with Crippen LogP contribution in [0, 0.1) is 34.5 Å². The van der Waals surface area contributed by atoms with Gasteiger partial charge in [-0.2, -0.15) is 5.26 Å². The summed E-state index contributed by atoms with van der Waals surface area (Å²) in [5.74, 6) is -2.64. The molecule has 0 unspecified atom stereocenters. The number of hydrogen-bond acceptors (Lipinski definition) is 6. The van der Waals surface area contributed by atoms with Gasteiger partial charge in [0.15, 0.2) is 9.84 Å². The summed E-state index contributed by atoms with van der Waals surface area (Å²) in [6.07, 6.45) is 5.66. The van der Waals surface area contributed by atoms with Crippen molar-refractivity contribution in [2.75, 3.05) is 29.5 Å². The molecule has 1 aromatic carbocycles. The van der Waals surface area contributed by atoms with Crippen LogP contribution in [0.5, 0.6) is 0 Å². The Morgan fingerprint density at radius 1 is 1.08 bits per heavy atom. The van der Waals surface area contributed by atoms with Crippen molar-refractivity contribution in [1.82, 2.24) is 0 Å². The minimum absolute atomic E-state index is 0.0548. The normalized spacial score (nSPS) is 29.4. The second-order valence-corrected chi connectivity index (χ2v) is 14.6. The van der Waals surface area contributed by atoms with Crippen molar-refractivity contribution in [2.24, 2.45) is 28.2 Å². The van der Waals surface area contributed by atoms with Gasteiger partial charge in [-0.05, 0) is 49.0 Å². The number of carbonyl (C=O) groups is 1. The van der Waals surface area contributed by atoms with Crippen LogP contribution >= 0.6 is 0 Å². The number of Topliss-reactive ketones (excluding diaryl/α,β-unsaturated/α-hetero) is 1. The summed E-state index contributed by atoms with van der Waals surface area (Å²) in [4.78, 5) is 20.6. The van der Waals surface area contributed by atoms with E-state index in [1.54, 1.807) is 0 Å². The minimum Gasteiger partial charge on any atom is -0.369 e. The average molecular weight is 556 g/mol. The van der Waals surface area contributed by atoms with Gasteiger partial charge in [0, 0.05) is 73.6 Å². The number of rotatable bonds is 7. The lowest BCUT2D eigenvalue weighted by Crippen LogP contribution is -2.40. The first-order valence-electron chi connectivity index (χ1n) is 14.3. The van der Waals surface area contributed by atoms with Gasteiger partial charge in [-0.1, -0.05) is 25.0 Å². The number of alkyl halides is 2. The Morgan fingerprint density at radius 3 is 2.36 bits per heavy atom. The lowest BCUT2D eigenvalue weighted by Gasteiger charge is -2.35. The monoisotopic (exact) mass is 555 g/mol. The van der Waals surface area contributed by atoms with Gasteiger partial charge < -0.3 is 4.90 Å². The van der Waals surface area contributed by atoms with E-state index in [4.69, 9.17) is 4.99 Å². The molecule has 6 nitrogen and oxygen atoms in total. The molecule has 2 aliphatic heterocycles. The number of benzene rings is 1. The maximum atomic E-state index is 13.8. The summed E-state index contributed by atoms with van der Waals surface area (Å²) >= 11 is 0. The van der Waals surface area contributed by atoms with E-state index in [1.807, 2.05) is 24.3 Å². The van der Waals surface area contributed by atoms with Crippen LogP contribution in [-0.4, -0.2) is 50.4 Å². The highest BCUT2D eigenvalue weighted by atomic mass is 32.2. The minimum atomic E-state index is -2.97.